The monoisotopic (exact) mass is 506 g/mol. The molecule has 0 spiro atoms. The predicted octanol–water partition coefficient (Wildman–Crippen LogP) is 0.765. The van der Waals surface area contributed by atoms with Gasteiger partial charge in [-0.1, -0.05) is 0 Å². The fourth-order valence-electron chi connectivity index (χ4n) is 3.87. The van der Waals surface area contributed by atoms with Gasteiger partial charge in [-0.2, -0.15) is 0 Å². The van der Waals surface area contributed by atoms with Gasteiger partial charge in [-0.25, -0.2) is 0 Å². The van der Waals surface area contributed by atoms with Crippen LogP contribution in [-0.2, 0) is 14.3 Å². The van der Waals surface area contributed by atoms with Crippen molar-refractivity contribution in [2.45, 2.75) is 44.6 Å². The van der Waals surface area contributed by atoms with Gasteiger partial charge in [0, 0.05) is 24.6 Å². The summed E-state index contributed by atoms with van der Waals surface area (Å²) in [4.78, 5) is 24.7. The molecule has 1 fully saturated rings. The third kappa shape index (κ3) is 4.30. The van der Waals surface area contributed by atoms with Crippen molar-refractivity contribution in [1.82, 2.24) is 0 Å². The van der Waals surface area contributed by atoms with Gasteiger partial charge in [0.1, 0.15) is 34.7 Å². The number of aliphatic hydroxyl groups is 2. The molecule has 0 aliphatic carbocycles. The standard InChI is InChI=1S/C23H22O13/c1-7-20(34-8(2)24)18(31)19(32)23(33-7)36-22-17(30)15-11(26)5-10(25)6-14(15)35-21(22)9-3-12(27)16(29)13(28)4-9/h3-7,18-20,23,25-29,31-32H,1-2H3/t7-,18-,19-,20-,23-/m0/s1. The van der Waals surface area contributed by atoms with Crippen molar-refractivity contribution in [1.29, 1.82) is 0 Å². The Morgan fingerprint density at radius 1 is 0.944 bits per heavy atom. The molecule has 13 heteroatoms. The van der Waals surface area contributed by atoms with Gasteiger partial charge < -0.3 is 54.4 Å². The molecule has 7 N–H and O–H groups in total. The summed E-state index contributed by atoms with van der Waals surface area (Å²) in [5.41, 5.74) is -1.49. The molecule has 2 aromatic carbocycles. The largest absolute Gasteiger partial charge is 0.508 e. The maximum absolute atomic E-state index is 13.4. The number of phenolic OH excluding ortho intramolecular Hbond substituents is 5. The van der Waals surface area contributed by atoms with E-state index in [9.17, 15) is 45.3 Å². The van der Waals surface area contributed by atoms with Crippen molar-refractivity contribution in [3.05, 3.63) is 34.5 Å². The van der Waals surface area contributed by atoms with E-state index in [1.165, 1.54) is 6.92 Å². The van der Waals surface area contributed by atoms with E-state index in [1.807, 2.05) is 0 Å². The van der Waals surface area contributed by atoms with Crippen LogP contribution in [0.25, 0.3) is 22.3 Å². The minimum Gasteiger partial charge on any atom is -0.508 e. The molecular weight excluding hydrogens is 484 g/mol. The van der Waals surface area contributed by atoms with E-state index in [2.05, 4.69) is 0 Å². The van der Waals surface area contributed by atoms with Gasteiger partial charge in [-0.3, -0.25) is 9.59 Å². The van der Waals surface area contributed by atoms with Crippen molar-refractivity contribution >= 4 is 16.9 Å². The third-order valence-electron chi connectivity index (χ3n) is 5.56. The highest BCUT2D eigenvalue weighted by Gasteiger charge is 2.46. The van der Waals surface area contributed by atoms with Crippen LogP contribution in [0.2, 0.25) is 0 Å². The Kier molecular flexibility index (Phi) is 6.30. The number of aliphatic hydroxyl groups excluding tert-OH is 2. The topological polar surface area (TPSA) is 217 Å². The maximum Gasteiger partial charge on any atom is 0.303 e. The van der Waals surface area contributed by atoms with Gasteiger partial charge in [0.2, 0.25) is 17.5 Å². The number of rotatable bonds is 4. The van der Waals surface area contributed by atoms with Crippen molar-refractivity contribution in [3.63, 3.8) is 0 Å². The molecule has 1 aromatic heterocycles. The summed E-state index contributed by atoms with van der Waals surface area (Å²) in [6.45, 7) is 2.53. The first-order chi connectivity index (χ1) is 16.9. The molecular formula is C23H22O13. The quantitative estimate of drug-likeness (QED) is 0.192. The molecule has 0 unspecified atom stereocenters. The van der Waals surface area contributed by atoms with Gasteiger partial charge >= 0.3 is 5.97 Å². The first kappa shape index (κ1) is 24.9. The second-order valence-electron chi connectivity index (χ2n) is 8.17. The molecule has 0 amide bonds. The van der Waals surface area contributed by atoms with Gasteiger partial charge in [-0.05, 0) is 19.1 Å². The Morgan fingerprint density at radius 3 is 2.19 bits per heavy atom. The smallest absolute Gasteiger partial charge is 0.303 e. The molecule has 2 heterocycles. The van der Waals surface area contributed by atoms with Crippen LogP contribution < -0.4 is 10.2 Å². The van der Waals surface area contributed by atoms with E-state index in [1.54, 1.807) is 0 Å². The number of fused-ring (bicyclic) bond motifs is 1. The lowest BCUT2D eigenvalue weighted by Gasteiger charge is -2.40. The molecule has 36 heavy (non-hydrogen) atoms. The normalized spacial score (nSPS) is 23.9. The molecule has 3 aromatic rings. The number of hydrogen-bond acceptors (Lipinski definition) is 13. The number of aromatic hydroxyl groups is 5. The summed E-state index contributed by atoms with van der Waals surface area (Å²) < 4.78 is 21.8. The van der Waals surface area contributed by atoms with Crippen LogP contribution in [0, 0.1) is 0 Å². The highest BCUT2D eigenvalue weighted by atomic mass is 16.7. The molecule has 1 saturated heterocycles. The summed E-state index contributed by atoms with van der Waals surface area (Å²) in [5, 5.41) is 70.2. The summed E-state index contributed by atoms with van der Waals surface area (Å²) in [5.74, 6) is -5.38. The lowest BCUT2D eigenvalue weighted by atomic mass is 9.99. The van der Waals surface area contributed by atoms with Crippen molar-refractivity contribution in [3.8, 4) is 45.8 Å². The average Bonchev–Trinajstić information content (AvgIpc) is 2.79. The van der Waals surface area contributed by atoms with Crippen LogP contribution in [0.1, 0.15) is 13.8 Å². The van der Waals surface area contributed by atoms with E-state index < -0.39 is 87.7 Å². The SMILES string of the molecule is CC(=O)O[C@@H]1[C@@H](O)[C@H](O)[C@H](Oc2c(-c3cc(O)c(O)c(O)c3)oc3cc(O)cc(O)c3c2=O)O[C@H]1C. The van der Waals surface area contributed by atoms with Gasteiger partial charge in [0.05, 0.1) is 6.10 Å². The van der Waals surface area contributed by atoms with E-state index in [0.29, 0.717) is 0 Å². The summed E-state index contributed by atoms with van der Waals surface area (Å²) in [6, 6.07) is 3.76. The Hall–Kier alpha value is -4.20. The lowest BCUT2D eigenvalue weighted by Crippen LogP contribution is -2.59. The van der Waals surface area contributed by atoms with Crippen LogP contribution in [0.4, 0.5) is 0 Å². The van der Waals surface area contributed by atoms with Gasteiger partial charge in [0.25, 0.3) is 0 Å². The van der Waals surface area contributed by atoms with E-state index in [-0.39, 0.29) is 11.1 Å². The number of carbonyl (C=O) groups is 1. The predicted molar refractivity (Wildman–Crippen MR) is 119 cm³/mol. The average molecular weight is 506 g/mol. The highest BCUT2D eigenvalue weighted by molar-refractivity contribution is 5.88. The van der Waals surface area contributed by atoms with E-state index in [0.717, 1.165) is 31.2 Å². The summed E-state index contributed by atoms with van der Waals surface area (Å²) >= 11 is 0. The third-order valence-corrected chi connectivity index (χ3v) is 5.56. The Labute approximate surface area is 201 Å². The van der Waals surface area contributed by atoms with Crippen LogP contribution in [0.15, 0.2) is 33.5 Å². The molecule has 0 radical (unpaired) electrons. The molecule has 1 aliphatic heterocycles. The zero-order valence-corrected chi connectivity index (χ0v) is 18.8. The van der Waals surface area contributed by atoms with Crippen LogP contribution in [0.3, 0.4) is 0 Å². The second-order valence-corrected chi connectivity index (χ2v) is 8.17. The van der Waals surface area contributed by atoms with Crippen molar-refractivity contribution in [2.75, 3.05) is 0 Å². The number of esters is 1. The first-order valence-electron chi connectivity index (χ1n) is 10.5. The highest BCUT2D eigenvalue weighted by Crippen LogP contribution is 2.43. The number of hydrogen-bond donors (Lipinski definition) is 7. The summed E-state index contributed by atoms with van der Waals surface area (Å²) in [7, 11) is 0. The maximum atomic E-state index is 13.4. The van der Waals surface area contributed by atoms with Crippen molar-refractivity contribution in [2.24, 2.45) is 0 Å². The Morgan fingerprint density at radius 2 is 1.58 bits per heavy atom. The summed E-state index contributed by atoms with van der Waals surface area (Å²) in [6.07, 6.45) is -7.46. The molecule has 0 saturated carbocycles. The van der Waals surface area contributed by atoms with Crippen LogP contribution >= 0.6 is 0 Å². The van der Waals surface area contributed by atoms with Gasteiger partial charge in [-0.15, -0.1) is 0 Å². The molecule has 0 bridgehead atoms. The van der Waals surface area contributed by atoms with Crippen LogP contribution in [0.5, 0.6) is 34.5 Å². The fourth-order valence-corrected chi connectivity index (χ4v) is 3.87. The molecule has 4 rings (SSSR count). The Balaban J connectivity index is 1.87. The Bertz CT molecular complexity index is 1370. The lowest BCUT2D eigenvalue weighted by molar-refractivity contribution is -0.272. The van der Waals surface area contributed by atoms with Gasteiger partial charge in [0.15, 0.2) is 29.1 Å². The first-order valence-corrected chi connectivity index (χ1v) is 10.5. The van der Waals surface area contributed by atoms with E-state index >= 15 is 0 Å². The molecule has 192 valence electrons. The van der Waals surface area contributed by atoms with Crippen molar-refractivity contribution < 1.29 is 59.2 Å². The zero-order chi connectivity index (χ0) is 26.5. The molecule has 5 atom stereocenters. The minimum atomic E-state index is -1.83. The second kappa shape index (κ2) is 9.11. The number of ether oxygens (including phenoxy) is 3. The fraction of sp³-hybridized carbons (Fsp3) is 0.304. The van der Waals surface area contributed by atoms with E-state index in [4.69, 9.17) is 18.6 Å². The zero-order valence-electron chi connectivity index (χ0n) is 18.8. The number of phenols is 5. The van der Waals surface area contributed by atoms with Crippen LogP contribution in [-0.4, -0.2) is 72.4 Å². The molecule has 13 nitrogen and oxygen atoms in total. The number of carbonyl (C=O) groups excluding carboxylic acids is 1. The molecule has 1 aliphatic rings. The minimum absolute atomic E-state index is 0.184. The number of benzene rings is 2.